The van der Waals surface area contributed by atoms with E-state index >= 15 is 0 Å². The summed E-state index contributed by atoms with van der Waals surface area (Å²) in [6.07, 6.45) is 4.82. The Kier molecular flexibility index (Phi) is 3.10. The van der Waals surface area contributed by atoms with E-state index in [9.17, 15) is 0 Å². The van der Waals surface area contributed by atoms with Crippen molar-refractivity contribution in [2.75, 3.05) is 25.1 Å². The van der Waals surface area contributed by atoms with Crippen molar-refractivity contribution in [2.45, 2.75) is 19.4 Å². The number of aryl methyl sites for hydroxylation is 1. The minimum atomic E-state index is 0.260. The first-order chi connectivity index (χ1) is 9.20. The average Bonchev–Trinajstić information content (AvgIpc) is 2.81. The van der Waals surface area contributed by atoms with Gasteiger partial charge in [-0.25, -0.2) is 9.97 Å². The summed E-state index contributed by atoms with van der Waals surface area (Å²) in [7, 11) is 3.68. The van der Waals surface area contributed by atoms with Gasteiger partial charge in [-0.15, -0.1) is 0 Å². The predicted molar refractivity (Wildman–Crippen MR) is 73.1 cm³/mol. The van der Waals surface area contributed by atoms with Gasteiger partial charge in [0.25, 0.3) is 0 Å². The van der Waals surface area contributed by atoms with Gasteiger partial charge in [-0.1, -0.05) is 6.92 Å². The van der Waals surface area contributed by atoms with Gasteiger partial charge in [-0.3, -0.25) is 4.68 Å². The molecule has 1 aliphatic rings. The molecule has 3 heterocycles. The number of aromatic nitrogens is 4. The van der Waals surface area contributed by atoms with Crippen LogP contribution < -0.4 is 4.90 Å². The Labute approximate surface area is 112 Å². The number of hydrogen-bond donors (Lipinski definition) is 0. The van der Waals surface area contributed by atoms with E-state index in [1.54, 1.807) is 18.1 Å². The number of ether oxygens (including phenoxy) is 1. The number of hydrogen-bond acceptors (Lipinski definition) is 5. The lowest BCUT2D eigenvalue weighted by atomic mass is 9.96. The maximum absolute atomic E-state index is 5.57. The van der Waals surface area contributed by atoms with Gasteiger partial charge in [0.1, 0.15) is 12.1 Å². The zero-order valence-corrected chi connectivity index (χ0v) is 11.6. The third-order valence-corrected chi connectivity index (χ3v) is 4.00. The molecule has 19 heavy (non-hydrogen) atoms. The van der Waals surface area contributed by atoms with Crippen molar-refractivity contribution in [2.24, 2.45) is 13.0 Å². The van der Waals surface area contributed by atoms with Crippen molar-refractivity contribution in [3.63, 3.8) is 0 Å². The average molecular weight is 261 g/mol. The molecule has 2 atom stereocenters. The Balaban J connectivity index is 1.96. The zero-order chi connectivity index (χ0) is 13.4. The van der Waals surface area contributed by atoms with Crippen molar-refractivity contribution < 1.29 is 4.74 Å². The minimum absolute atomic E-state index is 0.260. The fraction of sp³-hybridized carbons (Fsp3) is 0.615. The second kappa shape index (κ2) is 4.77. The highest BCUT2D eigenvalue weighted by atomic mass is 16.5. The fourth-order valence-corrected chi connectivity index (χ4v) is 2.73. The summed E-state index contributed by atoms with van der Waals surface area (Å²) >= 11 is 0. The van der Waals surface area contributed by atoms with Crippen LogP contribution in [-0.4, -0.2) is 46.1 Å². The summed E-state index contributed by atoms with van der Waals surface area (Å²) in [4.78, 5) is 11.0. The van der Waals surface area contributed by atoms with Crippen molar-refractivity contribution >= 4 is 16.9 Å². The Morgan fingerprint density at radius 3 is 3.00 bits per heavy atom. The molecule has 0 bridgehead atoms. The summed E-state index contributed by atoms with van der Waals surface area (Å²) in [5.41, 5.74) is 0.873. The van der Waals surface area contributed by atoms with E-state index in [-0.39, 0.29) is 6.10 Å². The number of nitrogens with zero attached hydrogens (tertiary/aromatic N) is 5. The van der Waals surface area contributed by atoms with Crippen LogP contribution in [0.25, 0.3) is 11.0 Å². The van der Waals surface area contributed by atoms with Crippen molar-refractivity contribution in [3.8, 4) is 0 Å². The van der Waals surface area contributed by atoms with E-state index in [1.165, 1.54) is 0 Å². The van der Waals surface area contributed by atoms with Gasteiger partial charge in [-0.05, 0) is 12.3 Å². The molecule has 0 spiro atoms. The minimum Gasteiger partial charge on any atom is -0.379 e. The highest BCUT2D eigenvalue weighted by molar-refractivity contribution is 5.86. The molecule has 2 unspecified atom stereocenters. The highest BCUT2D eigenvalue weighted by Crippen LogP contribution is 2.27. The van der Waals surface area contributed by atoms with Gasteiger partial charge >= 0.3 is 0 Å². The molecule has 6 heteroatoms. The lowest BCUT2D eigenvalue weighted by Gasteiger charge is -2.36. The number of fused-ring (bicyclic) bond motifs is 1. The number of rotatable bonds is 2. The molecular weight excluding hydrogens is 242 g/mol. The van der Waals surface area contributed by atoms with Crippen LogP contribution in [0, 0.1) is 5.92 Å². The molecule has 0 saturated carbocycles. The maximum atomic E-state index is 5.57. The second-order valence-corrected chi connectivity index (χ2v) is 5.19. The Hall–Kier alpha value is -1.69. The van der Waals surface area contributed by atoms with E-state index in [1.807, 2.05) is 13.2 Å². The lowest BCUT2D eigenvalue weighted by Crippen LogP contribution is -2.44. The van der Waals surface area contributed by atoms with Gasteiger partial charge < -0.3 is 9.64 Å². The molecule has 0 aromatic carbocycles. The van der Waals surface area contributed by atoms with Gasteiger partial charge in [0.15, 0.2) is 5.65 Å². The first-order valence-electron chi connectivity index (χ1n) is 6.61. The van der Waals surface area contributed by atoms with Crippen LogP contribution in [0.5, 0.6) is 0 Å². The van der Waals surface area contributed by atoms with Crippen LogP contribution in [0.2, 0.25) is 0 Å². The Morgan fingerprint density at radius 1 is 1.37 bits per heavy atom. The van der Waals surface area contributed by atoms with Gasteiger partial charge in [-0.2, -0.15) is 5.10 Å². The molecule has 0 amide bonds. The molecule has 0 radical (unpaired) electrons. The summed E-state index contributed by atoms with van der Waals surface area (Å²) < 4.78 is 7.35. The van der Waals surface area contributed by atoms with Crippen LogP contribution in [0.1, 0.15) is 13.3 Å². The van der Waals surface area contributed by atoms with Crippen LogP contribution >= 0.6 is 0 Å². The molecule has 1 fully saturated rings. The first-order valence-corrected chi connectivity index (χ1v) is 6.61. The Morgan fingerprint density at radius 2 is 2.21 bits per heavy atom. The predicted octanol–water partition coefficient (Wildman–Crippen LogP) is 1.22. The maximum Gasteiger partial charge on any atom is 0.163 e. The second-order valence-electron chi connectivity index (χ2n) is 5.19. The molecule has 3 rings (SSSR count). The molecule has 2 aromatic rings. The van der Waals surface area contributed by atoms with Crippen molar-refractivity contribution in [3.05, 3.63) is 12.5 Å². The normalized spacial score (nSPS) is 24.1. The summed E-state index contributed by atoms with van der Waals surface area (Å²) in [6, 6.07) is 0. The smallest absolute Gasteiger partial charge is 0.163 e. The van der Waals surface area contributed by atoms with Crippen molar-refractivity contribution in [1.82, 2.24) is 19.7 Å². The number of methoxy groups -OCH3 is 1. The molecule has 2 aromatic heterocycles. The Bertz CT molecular complexity index is 581. The van der Waals surface area contributed by atoms with E-state index in [0.29, 0.717) is 5.92 Å². The molecule has 1 aliphatic heterocycles. The summed E-state index contributed by atoms with van der Waals surface area (Å²) in [5, 5.41) is 5.27. The van der Waals surface area contributed by atoms with Gasteiger partial charge in [0, 0.05) is 27.2 Å². The zero-order valence-electron chi connectivity index (χ0n) is 11.6. The molecular formula is C13H19N5O. The summed E-state index contributed by atoms with van der Waals surface area (Å²) in [5.74, 6) is 1.56. The highest BCUT2D eigenvalue weighted by Gasteiger charge is 2.28. The van der Waals surface area contributed by atoms with Crippen molar-refractivity contribution in [1.29, 1.82) is 0 Å². The molecule has 102 valence electrons. The van der Waals surface area contributed by atoms with Crippen LogP contribution in [0.3, 0.4) is 0 Å². The van der Waals surface area contributed by atoms with Gasteiger partial charge in [0.2, 0.25) is 0 Å². The quantitative estimate of drug-likeness (QED) is 0.813. The third-order valence-electron chi connectivity index (χ3n) is 4.00. The van der Waals surface area contributed by atoms with E-state index < -0.39 is 0 Å². The summed E-state index contributed by atoms with van der Waals surface area (Å²) in [6.45, 7) is 4.12. The lowest BCUT2D eigenvalue weighted by molar-refractivity contribution is 0.0497. The van der Waals surface area contributed by atoms with Crippen LogP contribution in [0.4, 0.5) is 5.82 Å². The molecule has 6 nitrogen and oxygen atoms in total. The molecule has 0 N–H and O–H groups in total. The fourth-order valence-electron chi connectivity index (χ4n) is 2.73. The van der Waals surface area contributed by atoms with E-state index in [4.69, 9.17) is 4.74 Å². The molecule has 0 aliphatic carbocycles. The SMILES string of the molecule is COC1CN(c2ncnc3c2cnn3C)CCC1C. The first kappa shape index (κ1) is 12.3. The monoisotopic (exact) mass is 261 g/mol. The third kappa shape index (κ3) is 2.06. The van der Waals surface area contributed by atoms with Crippen LogP contribution in [0.15, 0.2) is 12.5 Å². The van der Waals surface area contributed by atoms with Crippen LogP contribution in [-0.2, 0) is 11.8 Å². The topological polar surface area (TPSA) is 56.1 Å². The number of piperidine rings is 1. The van der Waals surface area contributed by atoms with Gasteiger partial charge in [0.05, 0.1) is 17.7 Å². The largest absolute Gasteiger partial charge is 0.379 e. The number of anilines is 1. The molecule has 1 saturated heterocycles. The standard InChI is InChI=1S/C13H19N5O/c1-9-4-5-18(7-11(9)19-3)13-10-6-16-17(2)12(10)14-8-15-13/h6,8-9,11H,4-5,7H2,1-3H3. The van der Waals surface area contributed by atoms with E-state index in [2.05, 4.69) is 26.9 Å². The van der Waals surface area contributed by atoms with E-state index in [0.717, 1.165) is 36.4 Å².